The van der Waals surface area contributed by atoms with Crippen molar-refractivity contribution in [1.82, 2.24) is 5.32 Å². The summed E-state index contributed by atoms with van der Waals surface area (Å²) in [4.78, 5) is 0. The molecule has 0 aromatic rings. The van der Waals surface area contributed by atoms with Crippen LogP contribution in [0.1, 0.15) is 13.3 Å². The smallest absolute Gasteiger partial charge is 0.153 e. The van der Waals surface area contributed by atoms with E-state index in [0.29, 0.717) is 19.2 Å². The van der Waals surface area contributed by atoms with Gasteiger partial charge in [-0.25, -0.2) is 0 Å². The van der Waals surface area contributed by atoms with E-state index in [9.17, 15) is 0 Å². The van der Waals surface area contributed by atoms with E-state index in [4.69, 9.17) is 15.7 Å². The SMILES string of the molecule is COCCC(C)NCC(N)=NO. The Labute approximate surface area is 72.6 Å². The Bertz CT molecular complexity index is 139. The molecule has 1 atom stereocenters. The second kappa shape index (κ2) is 6.87. The Morgan fingerprint density at radius 2 is 2.42 bits per heavy atom. The van der Waals surface area contributed by atoms with Crippen molar-refractivity contribution in [2.24, 2.45) is 10.9 Å². The number of amidine groups is 1. The largest absolute Gasteiger partial charge is 0.409 e. The number of oxime groups is 1. The standard InChI is InChI=1S/C7H17N3O2/c1-6(3-4-12-2)9-5-7(8)10-11/h6,9,11H,3-5H2,1-2H3,(H2,8,10). The lowest BCUT2D eigenvalue weighted by Crippen LogP contribution is -2.35. The van der Waals surface area contributed by atoms with Crippen LogP contribution in [0, 0.1) is 0 Å². The first-order chi connectivity index (χ1) is 5.70. The molecule has 0 saturated heterocycles. The molecule has 0 aliphatic rings. The van der Waals surface area contributed by atoms with E-state index in [0.717, 1.165) is 6.42 Å². The summed E-state index contributed by atoms with van der Waals surface area (Å²) in [7, 11) is 1.66. The summed E-state index contributed by atoms with van der Waals surface area (Å²) in [6.07, 6.45) is 0.912. The fraction of sp³-hybridized carbons (Fsp3) is 0.857. The average molecular weight is 175 g/mol. The number of hydrogen-bond donors (Lipinski definition) is 3. The summed E-state index contributed by atoms with van der Waals surface area (Å²) in [6.45, 7) is 3.13. The Morgan fingerprint density at radius 1 is 1.75 bits per heavy atom. The fourth-order valence-electron chi connectivity index (χ4n) is 0.711. The third-order valence-corrected chi connectivity index (χ3v) is 1.52. The van der Waals surface area contributed by atoms with Crippen LogP contribution in [-0.4, -0.2) is 37.3 Å². The van der Waals surface area contributed by atoms with Crippen LogP contribution in [0.4, 0.5) is 0 Å². The van der Waals surface area contributed by atoms with Crippen molar-refractivity contribution in [2.45, 2.75) is 19.4 Å². The van der Waals surface area contributed by atoms with E-state index >= 15 is 0 Å². The van der Waals surface area contributed by atoms with Gasteiger partial charge >= 0.3 is 0 Å². The van der Waals surface area contributed by atoms with Crippen LogP contribution < -0.4 is 11.1 Å². The maximum atomic E-state index is 8.22. The number of nitrogens with two attached hydrogens (primary N) is 1. The molecule has 0 heterocycles. The van der Waals surface area contributed by atoms with Gasteiger partial charge in [-0.05, 0) is 13.3 Å². The summed E-state index contributed by atoms with van der Waals surface area (Å²) in [5.41, 5.74) is 5.26. The van der Waals surface area contributed by atoms with E-state index in [1.165, 1.54) is 0 Å². The summed E-state index contributed by atoms with van der Waals surface area (Å²) in [5.74, 6) is 0.194. The molecule has 0 rings (SSSR count). The van der Waals surface area contributed by atoms with Crippen LogP contribution >= 0.6 is 0 Å². The molecular weight excluding hydrogens is 158 g/mol. The molecule has 0 aliphatic heterocycles. The summed E-state index contributed by atoms with van der Waals surface area (Å²) < 4.78 is 4.89. The monoisotopic (exact) mass is 175 g/mol. The molecule has 0 radical (unpaired) electrons. The highest BCUT2D eigenvalue weighted by Crippen LogP contribution is 1.89. The van der Waals surface area contributed by atoms with Crippen LogP contribution in [0.15, 0.2) is 5.16 Å². The van der Waals surface area contributed by atoms with Gasteiger partial charge in [0.15, 0.2) is 5.84 Å². The molecule has 12 heavy (non-hydrogen) atoms. The first kappa shape index (κ1) is 11.2. The highest BCUT2D eigenvalue weighted by Gasteiger charge is 2.00. The Kier molecular flexibility index (Phi) is 6.41. The molecule has 0 amide bonds. The number of nitrogens with one attached hydrogen (secondary N) is 1. The van der Waals surface area contributed by atoms with Gasteiger partial charge in [0.2, 0.25) is 0 Å². The van der Waals surface area contributed by atoms with Gasteiger partial charge in [-0.15, -0.1) is 0 Å². The molecule has 72 valence electrons. The third kappa shape index (κ3) is 5.94. The molecule has 0 saturated carbocycles. The molecule has 1 unspecified atom stereocenters. The van der Waals surface area contributed by atoms with Crippen molar-refractivity contribution < 1.29 is 9.94 Å². The van der Waals surface area contributed by atoms with Crippen LogP contribution in [0.25, 0.3) is 0 Å². The van der Waals surface area contributed by atoms with E-state index in [1.54, 1.807) is 7.11 Å². The predicted molar refractivity (Wildman–Crippen MR) is 47.4 cm³/mol. The van der Waals surface area contributed by atoms with Gasteiger partial charge in [0.1, 0.15) is 0 Å². The van der Waals surface area contributed by atoms with Crippen molar-refractivity contribution in [3.8, 4) is 0 Å². The molecule has 0 fully saturated rings. The van der Waals surface area contributed by atoms with Crippen molar-refractivity contribution >= 4 is 5.84 Å². The minimum atomic E-state index is 0.194. The number of nitrogens with zero attached hydrogens (tertiary/aromatic N) is 1. The van der Waals surface area contributed by atoms with E-state index < -0.39 is 0 Å². The summed E-state index contributed by atoms with van der Waals surface area (Å²) in [5, 5.41) is 14.1. The molecule has 0 bridgehead atoms. The quantitative estimate of drug-likeness (QED) is 0.225. The highest BCUT2D eigenvalue weighted by atomic mass is 16.5. The number of hydrogen-bond acceptors (Lipinski definition) is 4. The zero-order chi connectivity index (χ0) is 9.40. The molecule has 0 aromatic carbocycles. The third-order valence-electron chi connectivity index (χ3n) is 1.52. The van der Waals surface area contributed by atoms with E-state index in [-0.39, 0.29) is 5.84 Å². The van der Waals surface area contributed by atoms with Gasteiger partial charge in [-0.3, -0.25) is 0 Å². The first-order valence-corrected chi connectivity index (χ1v) is 3.89. The molecular formula is C7H17N3O2. The van der Waals surface area contributed by atoms with Crippen molar-refractivity contribution in [3.63, 3.8) is 0 Å². The maximum absolute atomic E-state index is 8.22. The zero-order valence-electron chi connectivity index (χ0n) is 7.58. The summed E-state index contributed by atoms with van der Waals surface area (Å²) >= 11 is 0. The molecule has 4 N–H and O–H groups in total. The lowest BCUT2D eigenvalue weighted by atomic mass is 10.2. The Hall–Kier alpha value is -0.810. The normalized spacial score (nSPS) is 14.7. The van der Waals surface area contributed by atoms with Gasteiger partial charge in [0.05, 0.1) is 6.54 Å². The van der Waals surface area contributed by atoms with Crippen LogP contribution in [-0.2, 0) is 4.74 Å². The van der Waals surface area contributed by atoms with Gasteiger partial charge in [-0.1, -0.05) is 5.16 Å². The Morgan fingerprint density at radius 3 is 2.92 bits per heavy atom. The van der Waals surface area contributed by atoms with Crippen molar-refractivity contribution in [1.29, 1.82) is 0 Å². The van der Waals surface area contributed by atoms with Crippen LogP contribution in [0.3, 0.4) is 0 Å². The van der Waals surface area contributed by atoms with Crippen LogP contribution in [0.5, 0.6) is 0 Å². The first-order valence-electron chi connectivity index (χ1n) is 3.89. The van der Waals surface area contributed by atoms with E-state index in [1.807, 2.05) is 6.92 Å². The molecule has 0 aromatic heterocycles. The van der Waals surface area contributed by atoms with Gasteiger partial charge in [0.25, 0.3) is 0 Å². The Balaban J connectivity index is 3.37. The maximum Gasteiger partial charge on any atom is 0.153 e. The van der Waals surface area contributed by atoms with Crippen LogP contribution in [0.2, 0.25) is 0 Å². The van der Waals surface area contributed by atoms with Gasteiger partial charge in [-0.2, -0.15) is 0 Å². The van der Waals surface area contributed by atoms with Crippen molar-refractivity contribution in [2.75, 3.05) is 20.3 Å². The second-order valence-corrected chi connectivity index (χ2v) is 2.65. The molecule has 0 spiro atoms. The van der Waals surface area contributed by atoms with E-state index in [2.05, 4.69) is 10.5 Å². The lowest BCUT2D eigenvalue weighted by Gasteiger charge is -2.11. The number of methoxy groups -OCH3 is 1. The predicted octanol–water partition coefficient (Wildman–Crippen LogP) is -0.253. The molecule has 5 nitrogen and oxygen atoms in total. The highest BCUT2D eigenvalue weighted by molar-refractivity contribution is 5.81. The summed E-state index contributed by atoms with van der Waals surface area (Å²) in [6, 6.07) is 0.310. The van der Waals surface area contributed by atoms with Gasteiger partial charge < -0.3 is 21.0 Å². The fourth-order valence-corrected chi connectivity index (χ4v) is 0.711. The lowest BCUT2D eigenvalue weighted by molar-refractivity contribution is 0.185. The molecule has 0 aliphatic carbocycles. The minimum absolute atomic E-state index is 0.194. The average Bonchev–Trinajstić information content (AvgIpc) is 2.10. The number of rotatable bonds is 6. The van der Waals surface area contributed by atoms with Gasteiger partial charge in [0, 0.05) is 19.8 Å². The second-order valence-electron chi connectivity index (χ2n) is 2.65. The zero-order valence-corrected chi connectivity index (χ0v) is 7.58. The topological polar surface area (TPSA) is 79.9 Å². The van der Waals surface area contributed by atoms with Crippen molar-refractivity contribution in [3.05, 3.63) is 0 Å². The molecule has 5 heteroatoms. The minimum Gasteiger partial charge on any atom is -0.409 e. The number of ether oxygens (including phenoxy) is 1.